The molecule has 13 heteroatoms. The number of halogens is 1. The Bertz CT molecular complexity index is 1580. The molecule has 0 bridgehead atoms. The Balaban J connectivity index is 0.000000208. The van der Waals surface area contributed by atoms with Gasteiger partial charge >= 0.3 is 5.69 Å². The summed E-state index contributed by atoms with van der Waals surface area (Å²) in [7, 11) is 0. The Morgan fingerprint density at radius 2 is 1.36 bits per heavy atom. The third-order valence-electron chi connectivity index (χ3n) is 7.40. The SMILES string of the molecule is Cc1noc(C)c1-c1ccc(F)c([N+](=O)[O-])c1.Cc1noc(C)c1-c1ccc(NC2CCC(C)(O)CC2)c([N+](=O)[O-])c1. The van der Waals surface area contributed by atoms with Crippen LogP contribution in [0.3, 0.4) is 0 Å². The molecule has 2 N–H and O–H groups in total. The van der Waals surface area contributed by atoms with Crippen molar-refractivity contribution in [1.82, 2.24) is 10.3 Å². The number of benzene rings is 2. The van der Waals surface area contributed by atoms with Crippen molar-refractivity contribution in [2.24, 2.45) is 0 Å². The number of nitrogens with one attached hydrogen (secondary N) is 1. The van der Waals surface area contributed by atoms with E-state index in [1.165, 1.54) is 12.1 Å². The maximum atomic E-state index is 13.2. The fraction of sp³-hybridized carbons (Fsp3) is 0.379. The topological polar surface area (TPSA) is 171 Å². The van der Waals surface area contributed by atoms with Gasteiger partial charge in [0.05, 0.1) is 26.8 Å². The van der Waals surface area contributed by atoms with E-state index in [1.807, 2.05) is 19.9 Å². The molecule has 0 radical (unpaired) electrons. The largest absolute Gasteiger partial charge is 0.390 e. The number of aryl methyl sites for hydroxylation is 4. The molecule has 0 aliphatic heterocycles. The van der Waals surface area contributed by atoms with Crippen molar-refractivity contribution in [2.45, 2.75) is 71.9 Å². The summed E-state index contributed by atoms with van der Waals surface area (Å²) in [6.07, 6.45) is 2.96. The third-order valence-corrected chi connectivity index (χ3v) is 7.40. The summed E-state index contributed by atoms with van der Waals surface area (Å²) in [4.78, 5) is 21.1. The number of aliphatic hydroxyl groups is 1. The van der Waals surface area contributed by atoms with Crippen molar-refractivity contribution in [3.05, 3.63) is 85.4 Å². The Hall–Kier alpha value is -4.65. The molecule has 42 heavy (non-hydrogen) atoms. The lowest BCUT2D eigenvalue weighted by molar-refractivity contribution is -0.387. The van der Waals surface area contributed by atoms with Gasteiger partial charge in [-0.3, -0.25) is 20.2 Å². The number of nitro groups is 2. The minimum absolute atomic E-state index is 0.0369. The van der Waals surface area contributed by atoms with Crippen LogP contribution in [0.1, 0.15) is 55.5 Å². The van der Waals surface area contributed by atoms with Gasteiger partial charge in [0, 0.05) is 29.3 Å². The lowest BCUT2D eigenvalue weighted by atomic mass is 9.83. The highest BCUT2D eigenvalue weighted by atomic mass is 19.1. The van der Waals surface area contributed by atoms with Crippen molar-refractivity contribution >= 4 is 17.1 Å². The zero-order valence-electron chi connectivity index (χ0n) is 23.9. The summed E-state index contributed by atoms with van der Waals surface area (Å²) in [5.41, 5.74) is 3.39. The molecule has 1 saturated carbocycles. The smallest absolute Gasteiger partial charge is 0.305 e. The fourth-order valence-electron chi connectivity index (χ4n) is 5.16. The van der Waals surface area contributed by atoms with E-state index in [0.29, 0.717) is 52.6 Å². The van der Waals surface area contributed by atoms with Gasteiger partial charge < -0.3 is 19.5 Å². The van der Waals surface area contributed by atoms with Crippen molar-refractivity contribution in [3.63, 3.8) is 0 Å². The normalized spacial score (nSPS) is 18.2. The van der Waals surface area contributed by atoms with Gasteiger partial charge in [-0.15, -0.1) is 0 Å². The minimum Gasteiger partial charge on any atom is -0.390 e. The van der Waals surface area contributed by atoms with Crippen LogP contribution < -0.4 is 5.32 Å². The number of anilines is 1. The average Bonchev–Trinajstić information content (AvgIpc) is 3.45. The van der Waals surface area contributed by atoms with Gasteiger partial charge in [0.1, 0.15) is 17.2 Å². The quantitative estimate of drug-likeness (QED) is 0.179. The van der Waals surface area contributed by atoms with E-state index in [9.17, 15) is 29.7 Å². The highest BCUT2D eigenvalue weighted by Crippen LogP contribution is 2.36. The molecule has 2 aromatic heterocycles. The molecular formula is C29H32FN5O7. The molecule has 0 amide bonds. The molecule has 1 fully saturated rings. The van der Waals surface area contributed by atoms with E-state index in [-0.39, 0.29) is 16.7 Å². The van der Waals surface area contributed by atoms with Crippen LogP contribution in [0.4, 0.5) is 21.5 Å². The Morgan fingerprint density at radius 1 is 0.881 bits per heavy atom. The van der Waals surface area contributed by atoms with Crippen LogP contribution in [-0.4, -0.2) is 36.9 Å². The highest BCUT2D eigenvalue weighted by Gasteiger charge is 2.30. The summed E-state index contributed by atoms with van der Waals surface area (Å²) in [6, 6.07) is 9.00. The van der Waals surface area contributed by atoms with Gasteiger partial charge in [-0.2, -0.15) is 4.39 Å². The van der Waals surface area contributed by atoms with E-state index >= 15 is 0 Å². The van der Waals surface area contributed by atoms with Crippen molar-refractivity contribution in [2.75, 3.05) is 5.32 Å². The number of nitrogens with zero attached hydrogens (tertiary/aromatic N) is 4. The first kappa shape index (κ1) is 30.3. The lowest BCUT2D eigenvalue weighted by Crippen LogP contribution is -2.35. The van der Waals surface area contributed by atoms with E-state index < -0.39 is 22.0 Å². The molecule has 222 valence electrons. The molecule has 0 saturated heterocycles. The van der Waals surface area contributed by atoms with E-state index in [0.717, 1.165) is 30.0 Å². The van der Waals surface area contributed by atoms with Crippen LogP contribution in [0.2, 0.25) is 0 Å². The van der Waals surface area contributed by atoms with Gasteiger partial charge in [-0.1, -0.05) is 22.4 Å². The molecule has 1 aliphatic rings. The number of rotatable bonds is 6. The molecule has 2 aromatic carbocycles. The summed E-state index contributed by atoms with van der Waals surface area (Å²) < 4.78 is 23.3. The Kier molecular flexibility index (Phi) is 8.71. The second-order valence-electron chi connectivity index (χ2n) is 10.7. The van der Waals surface area contributed by atoms with Gasteiger partial charge in [0.2, 0.25) is 5.82 Å². The summed E-state index contributed by atoms with van der Waals surface area (Å²) in [5, 5.41) is 43.2. The molecule has 0 spiro atoms. The number of aromatic nitrogens is 2. The Morgan fingerprint density at radius 3 is 1.81 bits per heavy atom. The second-order valence-corrected chi connectivity index (χ2v) is 10.7. The maximum absolute atomic E-state index is 13.2. The van der Waals surface area contributed by atoms with Crippen molar-refractivity contribution in [1.29, 1.82) is 0 Å². The zero-order chi connectivity index (χ0) is 30.8. The predicted molar refractivity (Wildman–Crippen MR) is 153 cm³/mol. The maximum Gasteiger partial charge on any atom is 0.305 e. The fourth-order valence-corrected chi connectivity index (χ4v) is 5.16. The molecule has 4 aromatic rings. The number of nitro benzene ring substituents is 2. The van der Waals surface area contributed by atoms with Crippen LogP contribution in [0, 0.1) is 53.7 Å². The Labute approximate surface area is 240 Å². The van der Waals surface area contributed by atoms with Gasteiger partial charge in [-0.05, 0) is 83.6 Å². The van der Waals surface area contributed by atoms with Crippen LogP contribution in [0.25, 0.3) is 22.3 Å². The van der Waals surface area contributed by atoms with Gasteiger partial charge in [-0.25, -0.2) is 0 Å². The minimum atomic E-state index is -0.856. The van der Waals surface area contributed by atoms with Gasteiger partial charge in [0.15, 0.2) is 0 Å². The molecular weight excluding hydrogens is 549 g/mol. The molecule has 12 nitrogen and oxygen atoms in total. The van der Waals surface area contributed by atoms with Crippen LogP contribution in [0.5, 0.6) is 0 Å². The predicted octanol–water partition coefficient (Wildman–Crippen LogP) is 6.98. The number of hydrogen-bond acceptors (Lipinski definition) is 10. The molecule has 2 heterocycles. The van der Waals surface area contributed by atoms with E-state index in [2.05, 4.69) is 15.6 Å². The van der Waals surface area contributed by atoms with E-state index in [4.69, 9.17) is 9.05 Å². The summed E-state index contributed by atoms with van der Waals surface area (Å²) in [5.74, 6) is 0.330. The van der Waals surface area contributed by atoms with Gasteiger partial charge in [0.25, 0.3) is 5.69 Å². The van der Waals surface area contributed by atoms with Crippen molar-refractivity contribution < 1.29 is 28.4 Å². The van der Waals surface area contributed by atoms with Crippen molar-refractivity contribution in [3.8, 4) is 22.3 Å². The third kappa shape index (κ3) is 6.62. The van der Waals surface area contributed by atoms with Crippen LogP contribution in [-0.2, 0) is 0 Å². The molecule has 0 unspecified atom stereocenters. The zero-order valence-corrected chi connectivity index (χ0v) is 23.9. The standard InChI is InChI=1S/C18H23N3O4.C11H9FN2O3/c1-11-17(12(2)25-20-11)13-4-5-15(16(10-13)21(23)24)19-14-6-8-18(3,22)9-7-14;1-6-11(7(2)17-13-6)8-3-4-9(12)10(5-8)14(15)16/h4-5,10,14,19,22H,6-9H2,1-3H3;3-5H,1-2H3. The first-order valence-electron chi connectivity index (χ1n) is 13.3. The average molecular weight is 582 g/mol. The molecule has 0 atom stereocenters. The van der Waals surface area contributed by atoms with E-state index in [1.54, 1.807) is 32.9 Å². The monoisotopic (exact) mass is 581 g/mol. The second kappa shape index (κ2) is 12.1. The first-order valence-corrected chi connectivity index (χ1v) is 13.3. The summed E-state index contributed by atoms with van der Waals surface area (Å²) in [6.45, 7) is 8.87. The van der Waals surface area contributed by atoms with Crippen LogP contribution >= 0.6 is 0 Å². The van der Waals surface area contributed by atoms with Crippen LogP contribution in [0.15, 0.2) is 45.4 Å². The lowest BCUT2D eigenvalue weighted by Gasteiger charge is -2.33. The highest BCUT2D eigenvalue weighted by molar-refractivity contribution is 5.75. The number of hydrogen-bond donors (Lipinski definition) is 2. The molecule has 1 aliphatic carbocycles. The molecule has 5 rings (SSSR count). The first-order chi connectivity index (χ1) is 19.8. The summed E-state index contributed by atoms with van der Waals surface area (Å²) >= 11 is 0.